The number of rotatable bonds is 2. The molecule has 1 fully saturated rings. The molecule has 3 rings (SSSR count). The van der Waals surface area contributed by atoms with E-state index in [-0.39, 0.29) is 0 Å². The van der Waals surface area contributed by atoms with Crippen molar-refractivity contribution < 1.29 is 0 Å². The summed E-state index contributed by atoms with van der Waals surface area (Å²) in [5.41, 5.74) is 1.75. The van der Waals surface area contributed by atoms with E-state index >= 15 is 0 Å². The molecule has 0 aliphatic heterocycles. The molecule has 1 aromatic rings. The van der Waals surface area contributed by atoms with Crippen LogP contribution in [-0.2, 0) is 0 Å². The van der Waals surface area contributed by atoms with Gasteiger partial charge in [-0.1, -0.05) is 54.6 Å². The Bertz CT molecular complexity index is 399. The lowest BCUT2D eigenvalue weighted by atomic mass is 9.94. The van der Waals surface area contributed by atoms with Gasteiger partial charge in [0.2, 0.25) is 0 Å². The highest BCUT2D eigenvalue weighted by Crippen LogP contribution is 2.59. The van der Waals surface area contributed by atoms with Crippen LogP contribution in [0.3, 0.4) is 0 Å². The van der Waals surface area contributed by atoms with Crippen LogP contribution in [0.25, 0.3) is 6.08 Å². The Labute approximate surface area is 91.3 Å². The number of fused-ring (bicyclic) bond motifs is 1. The molecule has 0 aromatic heterocycles. The fraction of sp³-hybridized carbons (Fsp3) is 0.333. The molecule has 2 aliphatic carbocycles. The molecule has 0 bridgehead atoms. The lowest BCUT2D eigenvalue weighted by molar-refractivity contribution is 0.612. The van der Waals surface area contributed by atoms with Crippen LogP contribution in [-0.4, -0.2) is 0 Å². The highest BCUT2D eigenvalue weighted by molar-refractivity contribution is 5.52. The van der Waals surface area contributed by atoms with Gasteiger partial charge < -0.3 is 0 Å². The normalized spacial score (nSPS) is 32.9. The van der Waals surface area contributed by atoms with Gasteiger partial charge in [0.25, 0.3) is 0 Å². The summed E-state index contributed by atoms with van der Waals surface area (Å²) in [6, 6.07) is 10.6. The Hall–Kier alpha value is -1.30. The summed E-state index contributed by atoms with van der Waals surface area (Å²) in [6.45, 7) is 0. The van der Waals surface area contributed by atoms with Gasteiger partial charge in [-0.05, 0) is 30.7 Å². The topological polar surface area (TPSA) is 0 Å². The van der Waals surface area contributed by atoms with Gasteiger partial charge in [-0.25, -0.2) is 0 Å². The smallest absolute Gasteiger partial charge is 0.00960 e. The minimum atomic E-state index is 0.439. The van der Waals surface area contributed by atoms with Gasteiger partial charge in [-0.15, -0.1) is 0 Å². The fourth-order valence-corrected chi connectivity index (χ4v) is 2.62. The largest absolute Gasteiger partial charge is 0.0876 e. The summed E-state index contributed by atoms with van der Waals surface area (Å²) < 4.78 is 0. The maximum atomic E-state index is 2.42. The molecule has 0 nitrogen and oxygen atoms in total. The molecular weight excluding hydrogens is 180 g/mol. The van der Waals surface area contributed by atoms with E-state index < -0.39 is 0 Å². The summed E-state index contributed by atoms with van der Waals surface area (Å²) in [6.07, 6.45) is 13.5. The highest BCUT2D eigenvalue weighted by atomic mass is 14.5. The monoisotopic (exact) mass is 196 g/mol. The molecule has 15 heavy (non-hydrogen) atoms. The first kappa shape index (κ1) is 8.96. The molecule has 0 radical (unpaired) electrons. The molecule has 0 amide bonds. The first-order chi connectivity index (χ1) is 7.39. The van der Waals surface area contributed by atoms with E-state index in [1.807, 2.05) is 0 Å². The third-order valence-corrected chi connectivity index (χ3v) is 3.70. The third kappa shape index (κ3) is 1.65. The Kier molecular flexibility index (Phi) is 2.02. The fourth-order valence-electron chi connectivity index (χ4n) is 2.62. The van der Waals surface area contributed by atoms with E-state index in [1.54, 1.807) is 0 Å². The molecule has 1 aromatic carbocycles. The molecule has 0 N–H and O–H groups in total. The second-order valence-electron chi connectivity index (χ2n) is 4.74. The maximum Gasteiger partial charge on any atom is 0.00960 e. The number of hydrogen-bond acceptors (Lipinski definition) is 0. The second kappa shape index (κ2) is 3.37. The first-order valence-electron chi connectivity index (χ1n) is 5.81. The summed E-state index contributed by atoms with van der Waals surface area (Å²) in [7, 11) is 0. The molecule has 0 spiro atoms. The van der Waals surface area contributed by atoms with Crippen LogP contribution in [0.15, 0.2) is 48.6 Å². The average Bonchev–Trinajstić information content (AvgIpc) is 3.03. The molecule has 0 heteroatoms. The SMILES string of the molecule is C1=CC2(/C=C/c3ccccc3)CC2CC1. The molecule has 2 atom stereocenters. The standard InChI is InChI=1S/C15H16/c1-2-6-13(7-3-1)9-11-15-10-5-4-8-14(15)12-15/h1-3,5-7,9-11,14H,4,8,12H2/b11-9+. The van der Waals surface area contributed by atoms with Crippen LogP contribution in [0.2, 0.25) is 0 Å². The van der Waals surface area contributed by atoms with Crippen molar-refractivity contribution in [1.29, 1.82) is 0 Å². The van der Waals surface area contributed by atoms with Crippen molar-refractivity contribution >= 4 is 6.08 Å². The van der Waals surface area contributed by atoms with Gasteiger partial charge in [0.15, 0.2) is 0 Å². The minimum Gasteiger partial charge on any atom is -0.0876 e. The maximum absolute atomic E-state index is 2.42. The zero-order valence-corrected chi connectivity index (χ0v) is 8.89. The van der Waals surface area contributed by atoms with Gasteiger partial charge in [0.1, 0.15) is 0 Å². The number of hydrogen-bond donors (Lipinski definition) is 0. The highest BCUT2D eigenvalue weighted by Gasteiger charge is 2.50. The second-order valence-corrected chi connectivity index (χ2v) is 4.74. The molecule has 0 saturated heterocycles. The Balaban J connectivity index is 1.79. The van der Waals surface area contributed by atoms with Gasteiger partial charge in [-0.3, -0.25) is 0 Å². The third-order valence-electron chi connectivity index (χ3n) is 3.70. The summed E-state index contributed by atoms with van der Waals surface area (Å²) >= 11 is 0. The van der Waals surface area contributed by atoms with Crippen molar-refractivity contribution in [3.63, 3.8) is 0 Å². The van der Waals surface area contributed by atoms with Crippen molar-refractivity contribution in [2.75, 3.05) is 0 Å². The van der Waals surface area contributed by atoms with Crippen LogP contribution in [0.5, 0.6) is 0 Å². The predicted molar refractivity (Wildman–Crippen MR) is 64.4 cm³/mol. The van der Waals surface area contributed by atoms with E-state index in [4.69, 9.17) is 0 Å². The van der Waals surface area contributed by atoms with E-state index in [2.05, 4.69) is 54.6 Å². The van der Waals surface area contributed by atoms with Crippen LogP contribution in [0.4, 0.5) is 0 Å². The predicted octanol–water partition coefficient (Wildman–Crippen LogP) is 4.06. The Morgan fingerprint density at radius 3 is 2.87 bits per heavy atom. The van der Waals surface area contributed by atoms with Crippen LogP contribution in [0.1, 0.15) is 24.8 Å². The van der Waals surface area contributed by atoms with Crippen LogP contribution < -0.4 is 0 Å². The first-order valence-corrected chi connectivity index (χ1v) is 5.81. The van der Waals surface area contributed by atoms with Gasteiger partial charge in [-0.2, -0.15) is 0 Å². The molecular formula is C15H16. The van der Waals surface area contributed by atoms with E-state index in [0.717, 1.165) is 5.92 Å². The van der Waals surface area contributed by atoms with Gasteiger partial charge in [0.05, 0.1) is 0 Å². The molecule has 0 heterocycles. The number of benzene rings is 1. The van der Waals surface area contributed by atoms with Gasteiger partial charge in [0, 0.05) is 5.41 Å². The van der Waals surface area contributed by atoms with E-state index in [0.29, 0.717) is 5.41 Å². The summed E-state index contributed by atoms with van der Waals surface area (Å²) in [4.78, 5) is 0. The molecule has 76 valence electrons. The van der Waals surface area contributed by atoms with Crippen molar-refractivity contribution in [3.8, 4) is 0 Å². The Morgan fingerprint density at radius 1 is 1.20 bits per heavy atom. The van der Waals surface area contributed by atoms with Crippen molar-refractivity contribution in [3.05, 3.63) is 54.1 Å². The average molecular weight is 196 g/mol. The zero-order valence-electron chi connectivity index (χ0n) is 8.89. The Morgan fingerprint density at radius 2 is 2.07 bits per heavy atom. The lowest BCUT2D eigenvalue weighted by Crippen LogP contribution is -1.99. The van der Waals surface area contributed by atoms with Crippen molar-refractivity contribution in [1.82, 2.24) is 0 Å². The van der Waals surface area contributed by atoms with Crippen LogP contribution >= 0.6 is 0 Å². The van der Waals surface area contributed by atoms with Gasteiger partial charge >= 0.3 is 0 Å². The quantitative estimate of drug-likeness (QED) is 0.626. The van der Waals surface area contributed by atoms with E-state index in [9.17, 15) is 0 Å². The van der Waals surface area contributed by atoms with Crippen molar-refractivity contribution in [2.45, 2.75) is 19.3 Å². The minimum absolute atomic E-state index is 0.439. The number of allylic oxidation sites excluding steroid dienone is 3. The van der Waals surface area contributed by atoms with Crippen molar-refractivity contribution in [2.24, 2.45) is 11.3 Å². The molecule has 1 saturated carbocycles. The van der Waals surface area contributed by atoms with Crippen LogP contribution in [0, 0.1) is 11.3 Å². The van der Waals surface area contributed by atoms with E-state index in [1.165, 1.54) is 24.8 Å². The summed E-state index contributed by atoms with van der Waals surface area (Å²) in [5, 5.41) is 0. The summed E-state index contributed by atoms with van der Waals surface area (Å²) in [5.74, 6) is 0.933. The molecule has 2 aliphatic rings. The lowest BCUT2D eigenvalue weighted by Gasteiger charge is -2.11. The molecule has 2 unspecified atom stereocenters. The zero-order chi connectivity index (χ0) is 10.1.